The number of benzene rings is 18. The summed E-state index contributed by atoms with van der Waals surface area (Å²) in [6, 6.07) is 149. The Kier molecular flexibility index (Phi) is 15.1. The van der Waals surface area contributed by atoms with Gasteiger partial charge in [-0.15, -0.1) is 0 Å². The lowest BCUT2D eigenvalue weighted by atomic mass is 9.66. The molecule has 0 nitrogen and oxygen atoms in total. The molecule has 518 valence electrons. The summed E-state index contributed by atoms with van der Waals surface area (Å²) in [7, 11) is 0. The smallest absolute Gasteiger partial charge is 0.0622 e. The van der Waals surface area contributed by atoms with E-state index in [0.717, 1.165) is 6.42 Å². The molecule has 0 amide bonds. The molecule has 3 aliphatic carbocycles. The fourth-order valence-corrected chi connectivity index (χ4v) is 20.0. The molecule has 2 atom stereocenters. The summed E-state index contributed by atoms with van der Waals surface area (Å²) in [6.07, 6.45) is 0.819. The minimum absolute atomic E-state index is 0.532. The average molecular weight is 1400 g/mol. The molecule has 18 aromatic carbocycles. The Morgan fingerprint density at radius 1 is 0.191 bits per heavy atom. The van der Waals surface area contributed by atoms with Gasteiger partial charge < -0.3 is 0 Å². The Balaban J connectivity index is 0.672. The van der Waals surface area contributed by atoms with Crippen molar-refractivity contribution in [2.75, 3.05) is 0 Å². The Hall–Kier alpha value is -13.3. The Labute approximate surface area is 644 Å². The first-order valence-electron chi connectivity index (χ1n) is 38.9. The predicted octanol–water partition coefficient (Wildman–Crippen LogP) is 27.7. The van der Waals surface area contributed by atoms with Gasteiger partial charge in [0.2, 0.25) is 0 Å². The minimum atomic E-state index is -0.679. The van der Waals surface area contributed by atoms with E-state index in [1.165, 1.54) is 210 Å². The van der Waals surface area contributed by atoms with Gasteiger partial charge in [0.25, 0.3) is 0 Å². The van der Waals surface area contributed by atoms with Gasteiger partial charge in [-0.25, -0.2) is 0 Å². The highest BCUT2D eigenvalue weighted by molar-refractivity contribution is 6.02. The van der Waals surface area contributed by atoms with Gasteiger partial charge in [-0.1, -0.05) is 362 Å². The first kappa shape index (κ1) is 65.1. The number of rotatable bonds is 12. The maximum atomic E-state index is 2.55. The van der Waals surface area contributed by atoms with Gasteiger partial charge in [-0.05, 0) is 270 Å². The maximum Gasteiger partial charge on any atom is 0.0714 e. The van der Waals surface area contributed by atoms with Crippen LogP contribution in [0, 0.1) is 27.7 Å². The molecule has 0 bridgehead atoms. The molecule has 0 heteroatoms. The molecular weight excluding hydrogens is 1320 g/mol. The normalized spacial score (nSPS) is 15.5. The molecule has 0 saturated heterocycles. The van der Waals surface area contributed by atoms with Crippen LogP contribution in [0.25, 0.3) is 110 Å². The average Bonchev–Trinajstić information content (AvgIpc) is 1.31. The van der Waals surface area contributed by atoms with Gasteiger partial charge in [0, 0.05) is 0 Å². The first-order valence-corrected chi connectivity index (χ1v) is 38.9. The van der Waals surface area contributed by atoms with E-state index in [1.54, 1.807) is 0 Å². The third-order valence-corrected chi connectivity index (χ3v) is 25.0. The molecule has 2 unspecified atom stereocenters. The Bertz CT molecular complexity index is 6720. The van der Waals surface area contributed by atoms with Crippen LogP contribution in [0.1, 0.15) is 100 Å². The second kappa shape index (κ2) is 25.5. The molecule has 0 aliphatic heterocycles. The second-order valence-electron chi connectivity index (χ2n) is 31.2. The van der Waals surface area contributed by atoms with E-state index in [-0.39, 0.29) is 0 Å². The lowest BCUT2D eigenvalue weighted by molar-refractivity contribution is 0.767. The van der Waals surface area contributed by atoms with Gasteiger partial charge in [-0.3, -0.25) is 0 Å². The van der Waals surface area contributed by atoms with E-state index in [1.807, 2.05) is 0 Å². The molecule has 0 fully saturated rings. The number of aryl methyl sites for hydroxylation is 4. The zero-order valence-corrected chi connectivity index (χ0v) is 62.2. The minimum Gasteiger partial charge on any atom is -0.0622 e. The van der Waals surface area contributed by atoms with E-state index in [2.05, 4.69) is 416 Å². The van der Waals surface area contributed by atoms with E-state index < -0.39 is 16.2 Å². The van der Waals surface area contributed by atoms with E-state index in [9.17, 15) is 0 Å². The number of hydrogen-bond acceptors (Lipinski definition) is 0. The van der Waals surface area contributed by atoms with E-state index in [4.69, 9.17) is 0 Å². The number of fused-ring (bicyclic) bond motifs is 12. The molecule has 0 heterocycles. The van der Waals surface area contributed by atoms with Crippen LogP contribution in [0.15, 0.2) is 388 Å². The van der Waals surface area contributed by atoms with Gasteiger partial charge in [0.05, 0.1) is 16.2 Å². The van der Waals surface area contributed by atoms with Crippen LogP contribution in [0.4, 0.5) is 0 Å². The SMILES string of the molecule is Cc1ccc(C2(c3ccc(Cc4cc5ccc(-c6cccc7c6-c6ccccc6C7(c6ccccc6)c6cccc(-c7cc(-c8ccc9ccc(C)cc9c8)cc8c7-c7ccccc7C8(c7ccccc7)c7ccccc7)c6)cc5cc4C)cc3)c3ccccc3-c3ccc(-c4ccc5ccc(C)cc5c4)cc32)cc1. The van der Waals surface area contributed by atoms with Crippen molar-refractivity contribution in [3.63, 3.8) is 0 Å². The quantitative estimate of drug-likeness (QED) is 0.114. The molecule has 0 N–H and O–H groups in total. The summed E-state index contributed by atoms with van der Waals surface area (Å²) >= 11 is 0. The molecule has 0 aromatic heterocycles. The Morgan fingerprint density at radius 3 is 1.22 bits per heavy atom. The summed E-state index contributed by atoms with van der Waals surface area (Å²) in [5.41, 5.74) is 38.5. The van der Waals surface area contributed by atoms with E-state index >= 15 is 0 Å². The van der Waals surface area contributed by atoms with Crippen LogP contribution in [0.2, 0.25) is 0 Å². The van der Waals surface area contributed by atoms with Gasteiger partial charge in [0.1, 0.15) is 0 Å². The topological polar surface area (TPSA) is 0 Å². The van der Waals surface area contributed by atoms with Crippen LogP contribution in [-0.2, 0) is 22.7 Å². The van der Waals surface area contributed by atoms with Crippen molar-refractivity contribution in [3.05, 3.63) is 488 Å². The highest BCUT2D eigenvalue weighted by atomic mass is 14.5. The van der Waals surface area contributed by atoms with Gasteiger partial charge in [-0.2, -0.15) is 0 Å². The zero-order chi connectivity index (χ0) is 73.4. The third-order valence-electron chi connectivity index (χ3n) is 25.0. The molecule has 0 spiro atoms. The number of hydrogen-bond donors (Lipinski definition) is 0. The van der Waals surface area contributed by atoms with Crippen LogP contribution in [0.5, 0.6) is 0 Å². The van der Waals surface area contributed by atoms with Crippen molar-refractivity contribution in [2.45, 2.75) is 50.4 Å². The van der Waals surface area contributed by atoms with Crippen LogP contribution in [0.3, 0.4) is 0 Å². The van der Waals surface area contributed by atoms with Crippen molar-refractivity contribution in [2.24, 2.45) is 0 Å². The molecule has 0 saturated carbocycles. The van der Waals surface area contributed by atoms with Crippen LogP contribution >= 0.6 is 0 Å². The standard InChI is InChI=1S/C110H78/c1-70-40-53-91(54-41-70)108(100-34-17-14-30-95(100)96-57-52-80(68-104(96)108)77-48-46-75-44-38-71(2)58-84(75)63-77)92-55-42-74(43-56-92)61-83-62-78-50-51-82(65-86(78)60-73(83)4)94-33-21-37-103-106(94)97-31-15-19-36-102(97)110(103,90-27-12-7-13-28-90)93-29-20-22-81(66-93)99-67-87(79-49-47-76-45-39-72(3)59-85(76)64-79)69-105-107(99)98-32-16-18-35-101(98)109(105,88-23-8-5-9-24-88)89-25-10-6-11-26-89/h5-60,62-69H,61H2,1-4H3. The lowest BCUT2D eigenvalue weighted by Gasteiger charge is -2.35. The molecule has 3 aliphatic rings. The highest BCUT2D eigenvalue weighted by Gasteiger charge is 2.50. The van der Waals surface area contributed by atoms with Gasteiger partial charge in [0.15, 0.2) is 0 Å². The van der Waals surface area contributed by atoms with Crippen LogP contribution in [-0.4, -0.2) is 0 Å². The van der Waals surface area contributed by atoms with Gasteiger partial charge >= 0.3 is 0 Å². The predicted molar refractivity (Wildman–Crippen MR) is 461 cm³/mol. The first-order chi connectivity index (χ1) is 54.1. The van der Waals surface area contributed by atoms with E-state index in [0.29, 0.717) is 0 Å². The van der Waals surface area contributed by atoms with Crippen molar-refractivity contribution < 1.29 is 0 Å². The van der Waals surface area contributed by atoms with Crippen molar-refractivity contribution in [1.29, 1.82) is 0 Å². The third kappa shape index (κ3) is 9.92. The molecule has 18 aromatic rings. The maximum absolute atomic E-state index is 2.55. The summed E-state index contributed by atoms with van der Waals surface area (Å²) in [6.45, 7) is 8.87. The van der Waals surface area contributed by atoms with Crippen molar-refractivity contribution in [3.8, 4) is 77.9 Å². The monoisotopic (exact) mass is 1400 g/mol. The van der Waals surface area contributed by atoms with Crippen molar-refractivity contribution >= 4 is 32.3 Å². The van der Waals surface area contributed by atoms with Crippen LogP contribution < -0.4 is 0 Å². The lowest BCUT2D eigenvalue weighted by Crippen LogP contribution is -2.28. The highest BCUT2D eigenvalue weighted by Crippen LogP contribution is 2.63. The summed E-state index contributed by atoms with van der Waals surface area (Å²) in [5.74, 6) is 0. The summed E-state index contributed by atoms with van der Waals surface area (Å²) in [4.78, 5) is 0. The Morgan fingerprint density at radius 2 is 0.591 bits per heavy atom. The fourth-order valence-electron chi connectivity index (χ4n) is 20.0. The van der Waals surface area contributed by atoms with Crippen molar-refractivity contribution in [1.82, 2.24) is 0 Å². The molecule has 110 heavy (non-hydrogen) atoms. The zero-order valence-electron chi connectivity index (χ0n) is 62.2. The summed E-state index contributed by atoms with van der Waals surface area (Å²) < 4.78 is 0. The molecular formula is C110H78. The summed E-state index contributed by atoms with van der Waals surface area (Å²) in [5, 5.41) is 7.48. The molecule has 21 rings (SSSR count). The molecule has 0 radical (unpaired) electrons. The fraction of sp³-hybridized carbons (Fsp3) is 0.0727. The largest absolute Gasteiger partial charge is 0.0714 e. The second-order valence-corrected chi connectivity index (χ2v) is 31.2.